The molecule has 0 unspecified atom stereocenters. The van der Waals surface area contributed by atoms with Gasteiger partial charge in [-0.3, -0.25) is 4.98 Å². The second-order valence-corrected chi connectivity index (χ2v) is 3.85. The van der Waals surface area contributed by atoms with Crippen LogP contribution in [0, 0.1) is 0 Å². The molecule has 0 bridgehead atoms. The molecule has 0 N–H and O–H groups in total. The lowest BCUT2D eigenvalue weighted by Gasteiger charge is -2.26. The van der Waals surface area contributed by atoms with Crippen molar-refractivity contribution >= 4 is 0 Å². The van der Waals surface area contributed by atoms with Crippen molar-refractivity contribution in [2.24, 2.45) is 0 Å². The van der Waals surface area contributed by atoms with Crippen molar-refractivity contribution in [3.63, 3.8) is 0 Å². The summed E-state index contributed by atoms with van der Waals surface area (Å²) in [6, 6.07) is 3.99. The minimum Gasteiger partial charge on any atom is -0.484 e. The Morgan fingerprint density at radius 1 is 1.43 bits per heavy atom. The summed E-state index contributed by atoms with van der Waals surface area (Å²) in [5.41, 5.74) is 1.10. The van der Waals surface area contributed by atoms with Gasteiger partial charge in [-0.1, -0.05) is 13.8 Å². The van der Waals surface area contributed by atoms with E-state index in [9.17, 15) is 0 Å². The highest BCUT2D eigenvalue weighted by atomic mass is 16.6. The van der Waals surface area contributed by atoms with E-state index in [-0.39, 0.29) is 6.10 Å². The zero-order valence-electron chi connectivity index (χ0n) is 8.56. The van der Waals surface area contributed by atoms with Crippen molar-refractivity contribution in [2.75, 3.05) is 13.2 Å². The van der Waals surface area contributed by atoms with Gasteiger partial charge in [0, 0.05) is 5.69 Å². The molecule has 3 heteroatoms. The van der Waals surface area contributed by atoms with Crippen molar-refractivity contribution < 1.29 is 9.47 Å². The van der Waals surface area contributed by atoms with Crippen LogP contribution in [0.4, 0.5) is 0 Å². The predicted molar refractivity (Wildman–Crippen MR) is 53.6 cm³/mol. The van der Waals surface area contributed by atoms with Crippen LogP contribution in [0.1, 0.15) is 25.5 Å². The number of rotatable bonds is 3. The van der Waals surface area contributed by atoms with Crippen LogP contribution in [0.5, 0.6) is 5.75 Å². The maximum atomic E-state index is 5.60. The van der Waals surface area contributed by atoms with Gasteiger partial charge >= 0.3 is 0 Å². The highest BCUT2D eigenvalue weighted by Crippen LogP contribution is 2.18. The number of nitrogens with zero attached hydrogens (tertiary/aromatic N) is 1. The molecule has 0 aromatic carbocycles. The molecule has 1 fully saturated rings. The van der Waals surface area contributed by atoms with E-state index in [0.29, 0.717) is 19.1 Å². The molecule has 2 heterocycles. The topological polar surface area (TPSA) is 31.4 Å². The Bertz CT molecular complexity index is 291. The lowest BCUT2D eigenvalue weighted by molar-refractivity contribution is -0.0798. The molecule has 0 spiro atoms. The average molecular weight is 193 g/mol. The predicted octanol–water partition coefficient (Wildman–Crippen LogP) is 1.98. The van der Waals surface area contributed by atoms with Gasteiger partial charge in [-0.15, -0.1) is 0 Å². The third-order valence-electron chi connectivity index (χ3n) is 2.26. The Labute approximate surface area is 84.1 Å². The van der Waals surface area contributed by atoms with Crippen molar-refractivity contribution in [2.45, 2.75) is 25.9 Å². The Balaban J connectivity index is 1.98. The second kappa shape index (κ2) is 3.96. The zero-order chi connectivity index (χ0) is 9.97. The highest BCUT2D eigenvalue weighted by molar-refractivity contribution is 5.21. The minimum atomic E-state index is 0.224. The van der Waals surface area contributed by atoms with Crippen LogP contribution in [0.3, 0.4) is 0 Å². The molecule has 1 saturated heterocycles. The number of aromatic nitrogens is 1. The minimum absolute atomic E-state index is 0.224. The SMILES string of the molecule is CC(C)c1ccc(OC2COC2)cn1. The molecule has 1 aromatic heterocycles. The zero-order valence-corrected chi connectivity index (χ0v) is 8.56. The molecular weight excluding hydrogens is 178 g/mol. The monoisotopic (exact) mass is 193 g/mol. The highest BCUT2D eigenvalue weighted by Gasteiger charge is 2.19. The Hall–Kier alpha value is -1.09. The molecule has 0 radical (unpaired) electrons. The van der Waals surface area contributed by atoms with E-state index in [1.54, 1.807) is 6.20 Å². The fraction of sp³-hybridized carbons (Fsp3) is 0.545. The first kappa shape index (κ1) is 9.46. The van der Waals surface area contributed by atoms with E-state index in [1.807, 2.05) is 12.1 Å². The van der Waals surface area contributed by atoms with E-state index in [1.165, 1.54) is 0 Å². The number of hydrogen-bond donors (Lipinski definition) is 0. The molecule has 2 rings (SSSR count). The van der Waals surface area contributed by atoms with Crippen LogP contribution in [0.2, 0.25) is 0 Å². The fourth-order valence-corrected chi connectivity index (χ4v) is 1.28. The van der Waals surface area contributed by atoms with E-state index in [4.69, 9.17) is 9.47 Å². The normalized spacial score (nSPS) is 16.8. The van der Waals surface area contributed by atoms with Gasteiger partial charge in [-0.05, 0) is 18.1 Å². The van der Waals surface area contributed by atoms with Crippen LogP contribution < -0.4 is 4.74 Å². The summed E-state index contributed by atoms with van der Waals surface area (Å²) in [5, 5.41) is 0. The van der Waals surface area contributed by atoms with Gasteiger partial charge in [0.05, 0.1) is 19.4 Å². The maximum Gasteiger partial charge on any atom is 0.145 e. The van der Waals surface area contributed by atoms with E-state index in [0.717, 1.165) is 11.4 Å². The molecular formula is C11H15NO2. The van der Waals surface area contributed by atoms with Crippen molar-refractivity contribution in [1.29, 1.82) is 0 Å². The van der Waals surface area contributed by atoms with Crippen LogP contribution in [0.25, 0.3) is 0 Å². The molecule has 0 atom stereocenters. The number of pyridine rings is 1. The second-order valence-electron chi connectivity index (χ2n) is 3.85. The van der Waals surface area contributed by atoms with Crippen LogP contribution in [-0.4, -0.2) is 24.3 Å². The third-order valence-corrected chi connectivity index (χ3v) is 2.26. The van der Waals surface area contributed by atoms with E-state index in [2.05, 4.69) is 18.8 Å². The first-order valence-electron chi connectivity index (χ1n) is 4.96. The summed E-state index contributed by atoms with van der Waals surface area (Å²) < 4.78 is 10.6. The van der Waals surface area contributed by atoms with Crippen molar-refractivity contribution in [1.82, 2.24) is 4.98 Å². The summed E-state index contributed by atoms with van der Waals surface area (Å²) in [4.78, 5) is 4.32. The van der Waals surface area contributed by atoms with E-state index < -0.39 is 0 Å². The molecule has 76 valence electrons. The molecule has 0 saturated carbocycles. The van der Waals surface area contributed by atoms with Gasteiger partial charge in [-0.25, -0.2) is 0 Å². The standard InChI is InChI=1S/C11H15NO2/c1-8(2)11-4-3-9(5-12-11)14-10-6-13-7-10/h3-5,8,10H,6-7H2,1-2H3. The van der Waals surface area contributed by atoms with Gasteiger partial charge in [0.15, 0.2) is 0 Å². The Morgan fingerprint density at radius 3 is 2.64 bits per heavy atom. The summed E-state index contributed by atoms with van der Waals surface area (Å²) in [6.45, 7) is 5.66. The summed E-state index contributed by atoms with van der Waals surface area (Å²) in [5.74, 6) is 1.30. The van der Waals surface area contributed by atoms with Crippen molar-refractivity contribution in [3.05, 3.63) is 24.0 Å². The average Bonchev–Trinajstić information content (AvgIpc) is 2.12. The molecule has 3 nitrogen and oxygen atoms in total. The molecule has 14 heavy (non-hydrogen) atoms. The summed E-state index contributed by atoms with van der Waals surface area (Å²) in [6.07, 6.45) is 2.01. The Kier molecular flexibility index (Phi) is 2.68. The van der Waals surface area contributed by atoms with Gasteiger partial charge in [0.25, 0.3) is 0 Å². The molecule has 1 aliphatic heterocycles. The lowest BCUT2D eigenvalue weighted by Crippen LogP contribution is -2.38. The first-order valence-corrected chi connectivity index (χ1v) is 4.96. The van der Waals surface area contributed by atoms with Gasteiger partial charge in [0.2, 0.25) is 0 Å². The molecule has 0 amide bonds. The van der Waals surface area contributed by atoms with Crippen LogP contribution in [-0.2, 0) is 4.74 Å². The smallest absolute Gasteiger partial charge is 0.145 e. The Morgan fingerprint density at radius 2 is 2.21 bits per heavy atom. The van der Waals surface area contributed by atoms with Gasteiger partial charge in [-0.2, -0.15) is 0 Å². The first-order chi connectivity index (χ1) is 6.75. The number of ether oxygens (including phenoxy) is 2. The summed E-state index contributed by atoms with van der Waals surface area (Å²) in [7, 11) is 0. The molecule has 1 aliphatic rings. The van der Waals surface area contributed by atoms with Crippen LogP contribution >= 0.6 is 0 Å². The maximum absolute atomic E-state index is 5.60. The molecule has 1 aromatic rings. The third kappa shape index (κ3) is 2.04. The van der Waals surface area contributed by atoms with Gasteiger partial charge < -0.3 is 9.47 Å². The summed E-state index contributed by atoms with van der Waals surface area (Å²) >= 11 is 0. The van der Waals surface area contributed by atoms with Crippen molar-refractivity contribution in [3.8, 4) is 5.75 Å². The van der Waals surface area contributed by atoms with E-state index >= 15 is 0 Å². The van der Waals surface area contributed by atoms with Crippen LogP contribution in [0.15, 0.2) is 18.3 Å². The molecule has 0 aliphatic carbocycles. The fourth-order valence-electron chi connectivity index (χ4n) is 1.28. The lowest BCUT2D eigenvalue weighted by atomic mass is 10.1. The number of hydrogen-bond acceptors (Lipinski definition) is 3. The largest absolute Gasteiger partial charge is 0.484 e. The van der Waals surface area contributed by atoms with Gasteiger partial charge in [0.1, 0.15) is 11.9 Å². The quantitative estimate of drug-likeness (QED) is 0.735.